The average Bonchev–Trinajstić information content (AvgIpc) is 2.85. The van der Waals surface area contributed by atoms with Crippen LogP contribution in [0.25, 0.3) is 0 Å². The van der Waals surface area contributed by atoms with Crippen LogP contribution in [-0.2, 0) is 19.4 Å². The molecule has 3 heteroatoms. The molecule has 1 heterocycles. The number of nitrogens with zero attached hydrogens (tertiary/aromatic N) is 3. The number of hydrogen-bond donors (Lipinski definition) is 0. The van der Waals surface area contributed by atoms with Crippen molar-refractivity contribution < 1.29 is 0 Å². The van der Waals surface area contributed by atoms with Crippen LogP contribution in [0.2, 0.25) is 0 Å². The third-order valence-electron chi connectivity index (χ3n) is 3.92. The predicted molar refractivity (Wildman–Crippen MR) is 76.1 cm³/mol. The maximum absolute atomic E-state index is 4.38. The second kappa shape index (κ2) is 5.16. The van der Waals surface area contributed by atoms with E-state index in [1.165, 1.54) is 23.4 Å². The van der Waals surface area contributed by atoms with Gasteiger partial charge in [-0.05, 0) is 36.3 Å². The van der Waals surface area contributed by atoms with Crippen molar-refractivity contribution in [3.8, 4) is 0 Å². The largest absolute Gasteiger partial charge is 0.317 e. The monoisotopic (exact) mass is 255 g/mol. The molecule has 0 N–H and O–H groups in total. The van der Waals surface area contributed by atoms with Crippen molar-refractivity contribution >= 4 is 0 Å². The molecule has 100 valence electrons. The van der Waals surface area contributed by atoms with Crippen LogP contribution >= 0.6 is 0 Å². The molecule has 19 heavy (non-hydrogen) atoms. The zero-order chi connectivity index (χ0) is 13.2. The summed E-state index contributed by atoms with van der Waals surface area (Å²) in [6.07, 6.45) is 5.34. The highest BCUT2D eigenvalue weighted by molar-refractivity contribution is 5.31. The van der Waals surface area contributed by atoms with Crippen molar-refractivity contribution in [2.45, 2.75) is 45.6 Å². The van der Waals surface area contributed by atoms with Crippen molar-refractivity contribution in [2.75, 3.05) is 0 Å². The summed E-state index contributed by atoms with van der Waals surface area (Å²) in [6.45, 7) is 5.49. The lowest BCUT2D eigenvalue weighted by Gasteiger charge is -2.24. The molecule has 1 aromatic heterocycles. The van der Waals surface area contributed by atoms with E-state index in [9.17, 15) is 0 Å². The Bertz CT molecular complexity index is 557. The Labute approximate surface area is 114 Å². The first-order valence-corrected chi connectivity index (χ1v) is 7.18. The molecule has 1 aromatic carbocycles. The maximum atomic E-state index is 4.38. The van der Waals surface area contributed by atoms with Crippen molar-refractivity contribution in [3.63, 3.8) is 0 Å². The molecule has 0 bridgehead atoms. The minimum Gasteiger partial charge on any atom is -0.317 e. The van der Waals surface area contributed by atoms with E-state index in [2.05, 4.69) is 52.9 Å². The minimum atomic E-state index is 0.524. The third kappa shape index (κ3) is 2.55. The fourth-order valence-electron chi connectivity index (χ4n) is 3.03. The summed E-state index contributed by atoms with van der Waals surface area (Å²) in [5.41, 5.74) is 2.99. The molecule has 0 spiro atoms. The second-order valence-corrected chi connectivity index (χ2v) is 5.94. The Morgan fingerprint density at radius 1 is 1.26 bits per heavy atom. The van der Waals surface area contributed by atoms with E-state index >= 15 is 0 Å². The molecule has 0 radical (unpaired) electrons. The van der Waals surface area contributed by atoms with Crippen LogP contribution in [0.5, 0.6) is 0 Å². The lowest BCUT2D eigenvalue weighted by Crippen LogP contribution is -2.18. The van der Waals surface area contributed by atoms with Gasteiger partial charge in [0, 0.05) is 12.5 Å². The summed E-state index contributed by atoms with van der Waals surface area (Å²) < 4.78 is 2.24. The summed E-state index contributed by atoms with van der Waals surface area (Å²) in [6, 6.07) is 8.79. The van der Waals surface area contributed by atoms with Gasteiger partial charge in [0.1, 0.15) is 12.2 Å². The number of benzene rings is 1. The van der Waals surface area contributed by atoms with Gasteiger partial charge in [0.25, 0.3) is 0 Å². The quantitative estimate of drug-likeness (QED) is 0.843. The highest BCUT2D eigenvalue weighted by atomic mass is 15.3. The number of aryl methyl sites for hydroxylation is 1. The second-order valence-electron chi connectivity index (χ2n) is 5.94. The lowest BCUT2D eigenvalue weighted by atomic mass is 9.83. The van der Waals surface area contributed by atoms with E-state index in [4.69, 9.17) is 0 Å². The topological polar surface area (TPSA) is 30.7 Å². The standard InChI is InChI=1S/C16H21N3/c1-12(2)10-19-11-17-18-16(19)15-8-7-13-5-3-4-6-14(13)9-15/h3-6,11-12,15H,7-10H2,1-2H3. The zero-order valence-electron chi connectivity index (χ0n) is 11.7. The number of fused-ring (bicyclic) bond motifs is 1. The lowest BCUT2D eigenvalue weighted by molar-refractivity contribution is 0.466. The molecule has 1 aliphatic carbocycles. The molecule has 2 aromatic rings. The summed E-state index contributed by atoms with van der Waals surface area (Å²) in [5.74, 6) is 2.32. The zero-order valence-corrected chi connectivity index (χ0v) is 11.7. The van der Waals surface area contributed by atoms with E-state index < -0.39 is 0 Å². The van der Waals surface area contributed by atoms with Crippen LogP contribution in [0.15, 0.2) is 30.6 Å². The molecular weight excluding hydrogens is 234 g/mol. The molecular formula is C16H21N3. The smallest absolute Gasteiger partial charge is 0.136 e. The molecule has 1 atom stereocenters. The molecule has 1 aliphatic rings. The van der Waals surface area contributed by atoms with Gasteiger partial charge in [0.2, 0.25) is 0 Å². The number of rotatable bonds is 3. The first-order chi connectivity index (χ1) is 9.24. The number of hydrogen-bond acceptors (Lipinski definition) is 2. The van der Waals surface area contributed by atoms with Crippen molar-refractivity contribution in [2.24, 2.45) is 5.92 Å². The molecule has 3 nitrogen and oxygen atoms in total. The molecule has 0 fully saturated rings. The molecule has 0 aliphatic heterocycles. The van der Waals surface area contributed by atoms with Crippen molar-refractivity contribution in [1.29, 1.82) is 0 Å². The fourth-order valence-corrected chi connectivity index (χ4v) is 3.03. The van der Waals surface area contributed by atoms with Gasteiger partial charge in [-0.2, -0.15) is 0 Å². The first kappa shape index (κ1) is 12.4. The molecule has 0 saturated carbocycles. The molecule has 0 amide bonds. The summed E-state index contributed by atoms with van der Waals surface area (Å²) >= 11 is 0. The maximum Gasteiger partial charge on any atom is 0.136 e. The normalized spacial score (nSPS) is 18.6. The van der Waals surface area contributed by atoms with Crippen LogP contribution in [0.4, 0.5) is 0 Å². The van der Waals surface area contributed by atoms with Gasteiger partial charge in [-0.15, -0.1) is 10.2 Å². The van der Waals surface area contributed by atoms with Crippen LogP contribution in [-0.4, -0.2) is 14.8 Å². The third-order valence-corrected chi connectivity index (χ3v) is 3.92. The van der Waals surface area contributed by atoms with Gasteiger partial charge in [0.15, 0.2) is 0 Å². The van der Waals surface area contributed by atoms with Crippen LogP contribution in [0.1, 0.15) is 43.1 Å². The summed E-state index contributed by atoms with van der Waals surface area (Å²) in [7, 11) is 0. The van der Waals surface area contributed by atoms with Gasteiger partial charge in [-0.1, -0.05) is 38.1 Å². The fraction of sp³-hybridized carbons (Fsp3) is 0.500. The highest BCUT2D eigenvalue weighted by Crippen LogP contribution is 2.31. The van der Waals surface area contributed by atoms with E-state index in [-0.39, 0.29) is 0 Å². The Kier molecular flexibility index (Phi) is 3.36. The summed E-state index contributed by atoms with van der Waals surface area (Å²) in [4.78, 5) is 0. The van der Waals surface area contributed by atoms with Gasteiger partial charge in [0.05, 0.1) is 0 Å². The SMILES string of the molecule is CC(C)Cn1cnnc1C1CCc2ccccc2C1. The molecule has 0 saturated heterocycles. The Balaban J connectivity index is 1.83. The van der Waals surface area contributed by atoms with Gasteiger partial charge >= 0.3 is 0 Å². The Morgan fingerprint density at radius 2 is 2.05 bits per heavy atom. The Hall–Kier alpha value is -1.64. The molecule has 1 unspecified atom stereocenters. The van der Waals surface area contributed by atoms with Crippen LogP contribution in [0.3, 0.4) is 0 Å². The predicted octanol–water partition coefficient (Wildman–Crippen LogP) is 3.21. The van der Waals surface area contributed by atoms with E-state index in [0.717, 1.165) is 19.4 Å². The van der Waals surface area contributed by atoms with Crippen LogP contribution < -0.4 is 0 Å². The number of aromatic nitrogens is 3. The van der Waals surface area contributed by atoms with Gasteiger partial charge in [-0.3, -0.25) is 0 Å². The average molecular weight is 255 g/mol. The summed E-state index contributed by atoms with van der Waals surface area (Å²) in [5, 5.41) is 8.50. The van der Waals surface area contributed by atoms with E-state index in [1.54, 1.807) is 0 Å². The van der Waals surface area contributed by atoms with Gasteiger partial charge < -0.3 is 4.57 Å². The Morgan fingerprint density at radius 3 is 2.84 bits per heavy atom. The van der Waals surface area contributed by atoms with Crippen LogP contribution in [0, 0.1) is 5.92 Å². The highest BCUT2D eigenvalue weighted by Gasteiger charge is 2.23. The van der Waals surface area contributed by atoms with Crippen molar-refractivity contribution in [3.05, 3.63) is 47.5 Å². The minimum absolute atomic E-state index is 0.524. The van der Waals surface area contributed by atoms with Crippen molar-refractivity contribution in [1.82, 2.24) is 14.8 Å². The molecule has 3 rings (SSSR count). The van der Waals surface area contributed by atoms with E-state index in [0.29, 0.717) is 11.8 Å². The van der Waals surface area contributed by atoms with E-state index in [1.807, 2.05) is 6.33 Å². The first-order valence-electron chi connectivity index (χ1n) is 7.18. The van der Waals surface area contributed by atoms with Gasteiger partial charge in [-0.25, -0.2) is 0 Å².